The summed E-state index contributed by atoms with van der Waals surface area (Å²) in [6.45, 7) is 4.21. The van der Waals surface area contributed by atoms with Gasteiger partial charge in [0.15, 0.2) is 0 Å². The molecular formula is C18H17FN+. The average molecular weight is 266 g/mol. The van der Waals surface area contributed by atoms with E-state index in [1.165, 1.54) is 22.8 Å². The molecule has 0 aliphatic heterocycles. The molecule has 0 spiro atoms. The second-order valence-electron chi connectivity index (χ2n) is 5.30. The van der Waals surface area contributed by atoms with Crippen LogP contribution in [-0.2, 0) is 7.05 Å². The van der Waals surface area contributed by atoms with Crippen molar-refractivity contribution in [3.63, 3.8) is 0 Å². The predicted molar refractivity (Wildman–Crippen MR) is 80.0 cm³/mol. The molecule has 20 heavy (non-hydrogen) atoms. The third kappa shape index (κ3) is 2.07. The molecule has 2 heteroatoms. The molecule has 0 unspecified atom stereocenters. The quantitative estimate of drug-likeness (QED) is 0.584. The molecule has 2 aromatic carbocycles. The van der Waals surface area contributed by atoms with Gasteiger partial charge in [0.05, 0.1) is 0 Å². The Labute approximate surface area is 118 Å². The molecule has 0 fully saturated rings. The number of aromatic nitrogens is 1. The van der Waals surface area contributed by atoms with E-state index >= 15 is 0 Å². The van der Waals surface area contributed by atoms with Gasteiger partial charge in [-0.05, 0) is 43.7 Å². The van der Waals surface area contributed by atoms with Gasteiger partial charge in [0, 0.05) is 23.1 Å². The number of nitrogens with zero attached hydrogens (tertiary/aromatic N) is 1. The van der Waals surface area contributed by atoms with Gasteiger partial charge in [0.1, 0.15) is 12.9 Å². The van der Waals surface area contributed by atoms with E-state index in [0.29, 0.717) is 0 Å². The molecule has 100 valence electrons. The van der Waals surface area contributed by atoms with E-state index < -0.39 is 0 Å². The molecule has 3 aromatic rings. The smallest absolute Gasteiger partial charge is 0.207 e. The van der Waals surface area contributed by atoms with Crippen LogP contribution >= 0.6 is 0 Å². The zero-order valence-electron chi connectivity index (χ0n) is 11.9. The molecule has 1 heterocycles. The van der Waals surface area contributed by atoms with Crippen LogP contribution in [0.3, 0.4) is 0 Å². The third-order valence-corrected chi connectivity index (χ3v) is 3.80. The Morgan fingerprint density at radius 1 is 0.900 bits per heavy atom. The first-order valence-corrected chi connectivity index (χ1v) is 6.72. The second-order valence-corrected chi connectivity index (χ2v) is 5.30. The minimum atomic E-state index is -0.197. The molecule has 0 aliphatic carbocycles. The number of benzene rings is 2. The normalized spacial score (nSPS) is 11.0. The molecular weight excluding hydrogens is 249 g/mol. The highest BCUT2D eigenvalue weighted by Gasteiger charge is 2.15. The molecule has 0 bridgehead atoms. The fourth-order valence-electron chi connectivity index (χ4n) is 2.66. The maximum atomic E-state index is 13.3. The molecule has 0 saturated heterocycles. The maximum Gasteiger partial charge on any atom is 0.213 e. The van der Waals surface area contributed by atoms with E-state index in [4.69, 9.17) is 0 Å². The number of hydrogen-bond acceptors (Lipinski definition) is 0. The SMILES string of the molecule is Cc1ccc(C)c(-c2ccc3cc(F)ccc3[n+]2C)c1. The summed E-state index contributed by atoms with van der Waals surface area (Å²) in [5.41, 5.74) is 5.88. The van der Waals surface area contributed by atoms with Crippen LogP contribution in [0.1, 0.15) is 11.1 Å². The Morgan fingerprint density at radius 2 is 1.70 bits per heavy atom. The molecule has 0 aliphatic rings. The van der Waals surface area contributed by atoms with Crippen molar-refractivity contribution in [2.24, 2.45) is 7.05 Å². The summed E-state index contributed by atoms with van der Waals surface area (Å²) < 4.78 is 15.4. The van der Waals surface area contributed by atoms with Crippen LogP contribution in [0.2, 0.25) is 0 Å². The topological polar surface area (TPSA) is 3.88 Å². The van der Waals surface area contributed by atoms with E-state index in [-0.39, 0.29) is 5.82 Å². The lowest BCUT2D eigenvalue weighted by Crippen LogP contribution is -2.32. The van der Waals surface area contributed by atoms with Gasteiger partial charge < -0.3 is 0 Å². The Bertz CT molecular complexity index is 806. The highest BCUT2D eigenvalue weighted by Crippen LogP contribution is 2.24. The zero-order valence-corrected chi connectivity index (χ0v) is 11.9. The fraction of sp³-hybridized carbons (Fsp3) is 0.167. The summed E-state index contributed by atoms with van der Waals surface area (Å²) >= 11 is 0. The van der Waals surface area contributed by atoms with Crippen molar-refractivity contribution in [1.82, 2.24) is 0 Å². The Hall–Kier alpha value is -2.22. The van der Waals surface area contributed by atoms with Crippen molar-refractivity contribution in [2.75, 3.05) is 0 Å². The first-order valence-electron chi connectivity index (χ1n) is 6.72. The molecule has 1 aromatic heterocycles. The molecule has 0 amide bonds. The lowest BCUT2D eigenvalue weighted by Gasteiger charge is -2.07. The van der Waals surface area contributed by atoms with Gasteiger partial charge >= 0.3 is 0 Å². The predicted octanol–water partition coefficient (Wildman–Crippen LogP) is 4.09. The largest absolute Gasteiger partial charge is 0.213 e. The summed E-state index contributed by atoms with van der Waals surface area (Å²) in [6.07, 6.45) is 0. The van der Waals surface area contributed by atoms with Crippen molar-refractivity contribution < 1.29 is 8.96 Å². The van der Waals surface area contributed by atoms with Crippen molar-refractivity contribution >= 4 is 10.9 Å². The van der Waals surface area contributed by atoms with E-state index in [2.05, 4.69) is 42.7 Å². The van der Waals surface area contributed by atoms with Gasteiger partial charge in [-0.15, -0.1) is 0 Å². The number of halogens is 1. The summed E-state index contributed by atoms with van der Waals surface area (Å²) in [5.74, 6) is -0.197. The minimum Gasteiger partial charge on any atom is -0.207 e. The van der Waals surface area contributed by atoms with Crippen molar-refractivity contribution in [2.45, 2.75) is 13.8 Å². The van der Waals surface area contributed by atoms with E-state index in [1.807, 2.05) is 19.2 Å². The molecule has 0 radical (unpaired) electrons. The summed E-state index contributed by atoms with van der Waals surface area (Å²) in [6, 6.07) is 15.4. The summed E-state index contributed by atoms with van der Waals surface area (Å²) in [5, 5.41) is 0.918. The number of rotatable bonds is 1. The van der Waals surface area contributed by atoms with E-state index in [0.717, 1.165) is 16.6 Å². The third-order valence-electron chi connectivity index (χ3n) is 3.80. The second kappa shape index (κ2) is 4.71. The summed E-state index contributed by atoms with van der Waals surface area (Å²) in [4.78, 5) is 0. The summed E-state index contributed by atoms with van der Waals surface area (Å²) in [7, 11) is 2.03. The zero-order chi connectivity index (χ0) is 14.3. The van der Waals surface area contributed by atoms with Gasteiger partial charge in [-0.3, -0.25) is 0 Å². The van der Waals surface area contributed by atoms with Crippen molar-refractivity contribution in [1.29, 1.82) is 0 Å². The van der Waals surface area contributed by atoms with Crippen LogP contribution < -0.4 is 4.57 Å². The number of fused-ring (bicyclic) bond motifs is 1. The Morgan fingerprint density at radius 3 is 2.50 bits per heavy atom. The van der Waals surface area contributed by atoms with E-state index in [9.17, 15) is 4.39 Å². The first-order chi connectivity index (χ1) is 9.56. The molecule has 3 rings (SSSR count). The van der Waals surface area contributed by atoms with Crippen LogP contribution in [0.4, 0.5) is 4.39 Å². The number of hydrogen-bond donors (Lipinski definition) is 0. The standard InChI is InChI=1S/C18H17FN/c1-12-4-5-13(2)16(10-12)18-8-6-14-11-15(19)7-9-17(14)20(18)3/h4-11H,1-3H3/q+1. The van der Waals surface area contributed by atoms with Crippen LogP contribution in [0.25, 0.3) is 22.2 Å². The minimum absolute atomic E-state index is 0.197. The number of pyridine rings is 1. The lowest BCUT2D eigenvalue weighted by molar-refractivity contribution is -0.633. The Balaban J connectivity index is 2.29. The maximum absolute atomic E-state index is 13.3. The van der Waals surface area contributed by atoms with Gasteiger partial charge in [0.2, 0.25) is 11.2 Å². The highest BCUT2D eigenvalue weighted by molar-refractivity contribution is 5.78. The molecule has 0 N–H and O–H groups in total. The van der Waals surface area contributed by atoms with Crippen molar-refractivity contribution in [3.8, 4) is 11.3 Å². The van der Waals surface area contributed by atoms with Gasteiger partial charge in [-0.2, -0.15) is 4.57 Å². The monoisotopic (exact) mass is 266 g/mol. The fourth-order valence-corrected chi connectivity index (χ4v) is 2.66. The van der Waals surface area contributed by atoms with Crippen molar-refractivity contribution in [3.05, 3.63) is 65.5 Å². The molecule has 0 atom stereocenters. The van der Waals surface area contributed by atoms with Gasteiger partial charge in [0.25, 0.3) is 0 Å². The van der Waals surface area contributed by atoms with Crippen LogP contribution in [0.5, 0.6) is 0 Å². The molecule has 1 nitrogen and oxygen atoms in total. The highest BCUT2D eigenvalue weighted by atomic mass is 19.1. The molecule has 0 saturated carbocycles. The van der Waals surface area contributed by atoms with Gasteiger partial charge in [-0.1, -0.05) is 17.7 Å². The van der Waals surface area contributed by atoms with Crippen LogP contribution in [0, 0.1) is 19.7 Å². The lowest BCUT2D eigenvalue weighted by atomic mass is 10.0. The first kappa shape index (κ1) is 12.8. The van der Waals surface area contributed by atoms with E-state index in [1.54, 1.807) is 6.07 Å². The van der Waals surface area contributed by atoms with Gasteiger partial charge in [-0.25, -0.2) is 4.39 Å². The Kier molecular flexibility index (Phi) is 3.01. The number of aryl methyl sites for hydroxylation is 3. The average Bonchev–Trinajstić information content (AvgIpc) is 2.42. The van der Waals surface area contributed by atoms with Crippen LogP contribution in [0.15, 0.2) is 48.5 Å². The van der Waals surface area contributed by atoms with Crippen LogP contribution in [-0.4, -0.2) is 0 Å².